The molecule has 0 radical (unpaired) electrons. The molecule has 0 saturated carbocycles. The third-order valence-corrected chi connectivity index (χ3v) is 5.54. The summed E-state index contributed by atoms with van der Waals surface area (Å²) in [7, 11) is -3.17. The van der Waals surface area contributed by atoms with Crippen molar-refractivity contribution in [3.05, 3.63) is 24.3 Å². The average molecular weight is 216 g/mol. The topological polar surface area (TPSA) is 57.2 Å². The number of hydrogen-bond acceptors (Lipinski definition) is 3. The Bertz CT molecular complexity index is 425. The summed E-state index contributed by atoms with van der Waals surface area (Å²) >= 11 is -1.14. The fourth-order valence-corrected chi connectivity index (χ4v) is 5.07. The van der Waals surface area contributed by atoms with Crippen LogP contribution in [0.5, 0.6) is 0 Å². The summed E-state index contributed by atoms with van der Waals surface area (Å²) in [6.07, 6.45) is 0. The van der Waals surface area contributed by atoms with Gasteiger partial charge in [-0.1, -0.05) is 12.1 Å². The second kappa shape index (κ2) is 3.01. The Morgan fingerprint density at radius 2 is 2.00 bits per heavy atom. The van der Waals surface area contributed by atoms with Gasteiger partial charge in [-0.25, -0.2) is 8.42 Å². The minimum atomic E-state index is -3.17. The van der Waals surface area contributed by atoms with Crippen LogP contribution in [0.25, 0.3) is 0 Å². The van der Waals surface area contributed by atoms with Crippen LogP contribution in [0, 0.1) is 0 Å². The first kappa shape index (κ1) is 9.05. The third-order valence-electron chi connectivity index (χ3n) is 1.97. The van der Waals surface area contributed by atoms with E-state index in [1.165, 1.54) is 6.07 Å². The molecule has 0 amide bonds. The molecule has 3 nitrogen and oxygen atoms in total. The lowest BCUT2D eigenvalue weighted by Crippen LogP contribution is -2.25. The van der Waals surface area contributed by atoms with Crippen LogP contribution in [0.4, 0.5) is 0 Å². The number of hydrogen-bond donors (Lipinski definition) is 0. The van der Waals surface area contributed by atoms with E-state index in [1.54, 1.807) is 18.2 Å². The summed E-state index contributed by atoms with van der Waals surface area (Å²) in [6.45, 7) is 0. The van der Waals surface area contributed by atoms with Crippen LogP contribution in [0.3, 0.4) is 0 Å². The van der Waals surface area contributed by atoms with Crippen molar-refractivity contribution in [1.82, 2.24) is 0 Å². The first-order chi connectivity index (χ1) is 6.11. The van der Waals surface area contributed by atoms with Crippen molar-refractivity contribution in [2.24, 2.45) is 0 Å². The van der Waals surface area contributed by atoms with Gasteiger partial charge < -0.3 is 4.55 Å². The van der Waals surface area contributed by atoms with Crippen molar-refractivity contribution >= 4 is 21.0 Å². The van der Waals surface area contributed by atoms with Gasteiger partial charge in [0.25, 0.3) is 0 Å². The zero-order valence-corrected chi connectivity index (χ0v) is 8.40. The summed E-state index contributed by atoms with van der Waals surface area (Å²) in [4.78, 5) is 0.688. The van der Waals surface area contributed by atoms with Crippen LogP contribution in [0.2, 0.25) is 0 Å². The lowest BCUT2D eigenvalue weighted by Gasteiger charge is -2.18. The normalized spacial score (nSPS) is 25.2. The molecule has 1 heterocycles. The van der Waals surface area contributed by atoms with Crippen molar-refractivity contribution in [2.75, 3.05) is 11.5 Å². The van der Waals surface area contributed by atoms with Crippen LogP contribution in [0.15, 0.2) is 34.1 Å². The maximum Gasteiger partial charge on any atom is 0.187 e. The third kappa shape index (κ3) is 1.47. The molecule has 13 heavy (non-hydrogen) atoms. The highest BCUT2D eigenvalue weighted by molar-refractivity contribution is 7.97. The molecule has 5 heteroatoms. The first-order valence-electron chi connectivity index (χ1n) is 3.81. The molecule has 2 rings (SSSR count). The molecule has 0 fully saturated rings. The van der Waals surface area contributed by atoms with Crippen LogP contribution in [-0.2, 0) is 21.0 Å². The molecule has 70 valence electrons. The minimum absolute atomic E-state index is 0.00335. The van der Waals surface area contributed by atoms with E-state index < -0.39 is 21.0 Å². The van der Waals surface area contributed by atoms with Gasteiger partial charge in [-0.3, -0.25) is 0 Å². The zero-order valence-electron chi connectivity index (χ0n) is 6.76. The molecular formula is C8H8O3S2. The van der Waals surface area contributed by atoms with Crippen LogP contribution < -0.4 is 0 Å². The predicted octanol–water partition coefficient (Wildman–Crippen LogP) is 0.582. The van der Waals surface area contributed by atoms with E-state index in [2.05, 4.69) is 0 Å². The maximum absolute atomic E-state index is 11.5. The van der Waals surface area contributed by atoms with E-state index >= 15 is 0 Å². The Balaban J connectivity index is 2.68. The Hall–Kier alpha value is -0.520. The van der Waals surface area contributed by atoms with Crippen LogP contribution in [0.1, 0.15) is 0 Å². The Morgan fingerprint density at radius 3 is 2.69 bits per heavy atom. The highest BCUT2D eigenvalue weighted by Crippen LogP contribution is 2.27. The second-order valence-corrected chi connectivity index (χ2v) is 6.43. The van der Waals surface area contributed by atoms with Gasteiger partial charge in [0.2, 0.25) is 0 Å². The summed E-state index contributed by atoms with van der Waals surface area (Å²) in [5.41, 5.74) is 0. The largest absolute Gasteiger partial charge is 0.611 e. The van der Waals surface area contributed by atoms with E-state index in [4.69, 9.17) is 0 Å². The van der Waals surface area contributed by atoms with Gasteiger partial charge >= 0.3 is 0 Å². The molecule has 0 aliphatic carbocycles. The fraction of sp³-hybridized carbons (Fsp3) is 0.250. The molecule has 1 aliphatic rings. The Morgan fingerprint density at radius 1 is 1.31 bits per heavy atom. The molecule has 1 aromatic rings. The zero-order chi connectivity index (χ0) is 9.47. The molecule has 1 atom stereocenters. The smallest absolute Gasteiger partial charge is 0.187 e. The monoisotopic (exact) mass is 216 g/mol. The molecule has 1 unspecified atom stereocenters. The van der Waals surface area contributed by atoms with E-state index in [1.807, 2.05) is 0 Å². The number of rotatable bonds is 0. The van der Waals surface area contributed by atoms with Gasteiger partial charge in [0, 0.05) is 0 Å². The number of fused-ring (bicyclic) bond motifs is 1. The summed E-state index contributed by atoms with van der Waals surface area (Å²) < 4.78 is 34.4. The van der Waals surface area contributed by atoms with E-state index in [-0.39, 0.29) is 16.4 Å². The van der Waals surface area contributed by atoms with Crippen LogP contribution >= 0.6 is 0 Å². The van der Waals surface area contributed by atoms with Gasteiger partial charge in [0.05, 0.1) is 0 Å². The maximum atomic E-state index is 11.5. The molecule has 1 aromatic carbocycles. The Labute approximate surface area is 79.9 Å². The first-order valence-corrected chi connectivity index (χ1v) is 6.78. The lowest BCUT2D eigenvalue weighted by molar-refractivity contribution is 0.575. The molecule has 0 saturated heterocycles. The van der Waals surface area contributed by atoms with E-state index in [0.717, 1.165) is 0 Å². The highest BCUT2D eigenvalue weighted by Gasteiger charge is 2.32. The Kier molecular flexibility index (Phi) is 2.09. The standard InChI is InChI=1S/C8H8O3S2/c9-12-5-6-13(10,11)8-4-2-1-3-7(8)12/h1-4H,5-6H2. The van der Waals surface area contributed by atoms with Crippen molar-refractivity contribution in [1.29, 1.82) is 0 Å². The van der Waals surface area contributed by atoms with Crippen LogP contribution in [-0.4, -0.2) is 24.5 Å². The van der Waals surface area contributed by atoms with Gasteiger partial charge in [-0.2, -0.15) is 0 Å². The summed E-state index contributed by atoms with van der Waals surface area (Å²) in [5, 5.41) is 0. The molecule has 1 aliphatic heterocycles. The van der Waals surface area contributed by atoms with E-state index in [9.17, 15) is 13.0 Å². The highest BCUT2D eigenvalue weighted by atomic mass is 32.2. The second-order valence-electron chi connectivity index (χ2n) is 2.82. The molecular weight excluding hydrogens is 208 g/mol. The lowest BCUT2D eigenvalue weighted by atomic mass is 10.4. The van der Waals surface area contributed by atoms with Crippen molar-refractivity contribution in [3.63, 3.8) is 0 Å². The quantitative estimate of drug-likeness (QED) is 0.596. The molecule has 0 N–H and O–H groups in total. The molecule has 0 bridgehead atoms. The SMILES string of the molecule is O=S1(=O)CC[S+]([O-])c2ccccc21. The van der Waals surface area contributed by atoms with Crippen molar-refractivity contribution in [3.8, 4) is 0 Å². The van der Waals surface area contributed by atoms with Gasteiger partial charge in [0.15, 0.2) is 14.7 Å². The number of sulfone groups is 1. The van der Waals surface area contributed by atoms with Gasteiger partial charge in [0.1, 0.15) is 16.4 Å². The summed E-state index contributed by atoms with van der Waals surface area (Å²) in [6, 6.07) is 6.49. The summed E-state index contributed by atoms with van der Waals surface area (Å²) in [5.74, 6) is 0.218. The predicted molar refractivity (Wildman–Crippen MR) is 49.8 cm³/mol. The van der Waals surface area contributed by atoms with Gasteiger partial charge in [-0.15, -0.1) is 0 Å². The van der Waals surface area contributed by atoms with Gasteiger partial charge in [-0.05, 0) is 23.3 Å². The van der Waals surface area contributed by atoms with Crippen molar-refractivity contribution < 1.29 is 13.0 Å². The molecule has 0 spiro atoms. The fourth-order valence-electron chi connectivity index (χ4n) is 1.30. The average Bonchev–Trinajstić information content (AvgIpc) is 2.13. The van der Waals surface area contributed by atoms with E-state index in [0.29, 0.717) is 4.90 Å². The minimum Gasteiger partial charge on any atom is -0.611 e. The number of benzene rings is 1. The molecule has 0 aromatic heterocycles. The van der Waals surface area contributed by atoms with Crippen molar-refractivity contribution in [2.45, 2.75) is 9.79 Å².